The van der Waals surface area contributed by atoms with E-state index in [1.54, 1.807) is 0 Å². The van der Waals surface area contributed by atoms with Crippen molar-refractivity contribution in [3.05, 3.63) is 0 Å². The number of carbonyl (C=O) groups excluding carboxylic acids is 1. The molecule has 6 nitrogen and oxygen atoms in total. The van der Waals surface area contributed by atoms with Gasteiger partial charge in [0, 0.05) is 19.5 Å². The second-order valence-electron chi connectivity index (χ2n) is 5.00. The minimum atomic E-state index is -0.631. The number of nitrogens with one attached hydrogen (secondary N) is 1. The van der Waals surface area contributed by atoms with Gasteiger partial charge in [0.1, 0.15) is 0 Å². The van der Waals surface area contributed by atoms with Gasteiger partial charge in [0.05, 0.1) is 17.4 Å². The Labute approximate surface area is 101 Å². The molecule has 17 heavy (non-hydrogen) atoms. The van der Waals surface area contributed by atoms with Crippen molar-refractivity contribution >= 4 is 11.7 Å². The van der Waals surface area contributed by atoms with Crippen LogP contribution in [0.5, 0.6) is 0 Å². The third-order valence-electron chi connectivity index (χ3n) is 3.61. The summed E-state index contributed by atoms with van der Waals surface area (Å²) in [6.07, 6.45) is 2.79. The average molecular weight is 240 g/mol. The van der Waals surface area contributed by atoms with E-state index in [0.717, 1.165) is 38.1 Å². The number of carbonyl (C=O) groups is 1. The van der Waals surface area contributed by atoms with E-state index in [4.69, 9.17) is 10.5 Å². The summed E-state index contributed by atoms with van der Waals surface area (Å²) in [5.41, 5.74) is 8.09. The maximum atomic E-state index is 10.6. The highest BCUT2D eigenvalue weighted by Gasteiger charge is 2.44. The SMILES string of the molecule is CC1OC2(CCN(C)CC2)C/C1=N/NC(N)=O. The standard InChI is InChI=1S/C11H20N4O2/c1-8-9(13-14-10(12)16)7-11(17-8)3-5-15(2)6-4-11/h8H,3-7H2,1-2H3,(H3,12,14,16)/b13-9-. The highest BCUT2D eigenvalue weighted by atomic mass is 16.5. The average Bonchev–Trinajstić information content (AvgIpc) is 2.58. The van der Waals surface area contributed by atoms with E-state index < -0.39 is 6.03 Å². The largest absolute Gasteiger partial charge is 0.366 e. The summed E-state index contributed by atoms with van der Waals surface area (Å²) in [6, 6.07) is -0.631. The minimum Gasteiger partial charge on any atom is -0.366 e. The van der Waals surface area contributed by atoms with Crippen LogP contribution in [0, 0.1) is 0 Å². The molecule has 1 spiro atoms. The first-order valence-electron chi connectivity index (χ1n) is 5.99. The quantitative estimate of drug-likeness (QED) is 0.646. The maximum Gasteiger partial charge on any atom is 0.332 e. The van der Waals surface area contributed by atoms with Gasteiger partial charge in [-0.3, -0.25) is 0 Å². The summed E-state index contributed by atoms with van der Waals surface area (Å²) >= 11 is 0. The molecule has 0 aromatic rings. The second kappa shape index (κ2) is 4.62. The predicted octanol–water partition coefficient (Wildman–Crippen LogP) is 0.284. The molecule has 2 amide bonds. The molecule has 0 aromatic carbocycles. The molecule has 2 aliphatic heterocycles. The van der Waals surface area contributed by atoms with Crippen molar-refractivity contribution in [2.75, 3.05) is 20.1 Å². The fourth-order valence-electron chi connectivity index (χ4n) is 2.54. The molecule has 3 N–H and O–H groups in total. The van der Waals surface area contributed by atoms with Gasteiger partial charge >= 0.3 is 6.03 Å². The van der Waals surface area contributed by atoms with E-state index in [9.17, 15) is 4.79 Å². The first-order chi connectivity index (χ1) is 8.01. The zero-order valence-electron chi connectivity index (χ0n) is 10.4. The van der Waals surface area contributed by atoms with Crippen molar-refractivity contribution in [3.8, 4) is 0 Å². The van der Waals surface area contributed by atoms with E-state index in [0.29, 0.717) is 0 Å². The lowest BCUT2D eigenvalue weighted by Crippen LogP contribution is -2.42. The number of primary amides is 1. The number of amides is 2. The van der Waals surface area contributed by atoms with Crippen LogP contribution in [-0.2, 0) is 4.74 Å². The molecule has 0 radical (unpaired) electrons. The van der Waals surface area contributed by atoms with E-state index >= 15 is 0 Å². The zero-order valence-corrected chi connectivity index (χ0v) is 10.4. The molecule has 2 aliphatic rings. The number of rotatable bonds is 1. The van der Waals surface area contributed by atoms with Crippen molar-refractivity contribution in [2.45, 2.75) is 37.9 Å². The number of likely N-dealkylation sites (tertiary alicyclic amines) is 1. The van der Waals surface area contributed by atoms with Gasteiger partial charge in [-0.25, -0.2) is 10.2 Å². The van der Waals surface area contributed by atoms with Crippen molar-refractivity contribution in [2.24, 2.45) is 10.8 Å². The van der Waals surface area contributed by atoms with Gasteiger partial charge in [-0.1, -0.05) is 0 Å². The molecule has 0 aliphatic carbocycles. The highest BCUT2D eigenvalue weighted by Crippen LogP contribution is 2.37. The molecule has 2 heterocycles. The number of urea groups is 1. The normalized spacial score (nSPS) is 30.9. The van der Waals surface area contributed by atoms with Crippen molar-refractivity contribution < 1.29 is 9.53 Å². The van der Waals surface area contributed by atoms with E-state index in [1.807, 2.05) is 6.92 Å². The van der Waals surface area contributed by atoms with Gasteiger partial charge in [0.2, 0.25) is 0 Å². The molecular weight excluding hydrogens is 220 g/mol. The van der Waals surface area contributed by atoms with Crippen LogP contribution in [0.4, 0.5) is 4.79 Å². The lowest BCUT2D eigenvalue weighted by molar-refractivity contribution is -0.0656. The summed E-state index contributed by atoms with van der Waals surface area (Å²) in [6.45, 7) is 4.06. The number of ether oxygens (including phenoxy) is 1. The van der Waals surface area contributed by atoms with Crippen LogP contribution in [0.1, 0.15) is 26.2 Å². The molecule has 0 bridgehead atoms. The monoisotopic (exact) mass is 240 g/mol. The van der Waals surface area contributed by atoms with Crippen LogP contribution < -0.4 is 11.2 Å². The lowest BCUT2D eigenvalue weighted by Gasteiger charge is -2.36. The summed E-state index contributed by atoms with van der Waals surface area (Å²) in [7, 11) is 2.12. The second-order valence-corrected chi connectivity index (χ2v) is 5.00. The smallest absolute Gasteiger partial charge is 0.332 e. The number of hydrazone groups is 1. The molecule has 1 atom stereocenters. The Hall–Kier alpha value is -1.14. The molecule has 2 saturated heterocycles. The van der Waals surface area contributed by atoms with Gasteiger partial charge in [-0.2, -0.15) is 5.10 Å². The number of nitrogens with two attached hydrogens (primary N) is 1. The third-order valence-corrected chi connectivity index (χ3v) is 3.61. The number of nitrogens with zero attached hydrogens (tertiary/aromatic N) is 2. The fourth-order valence-corrected chi connectivity index (χ4v) is 2.54. The summed E-state index contributed by atoms with van der Waals surface area (Å²) < 4.78 is 6.03. The van der Waals surface area contributed by atoms with Gasteiger partial charge in [-0.05, 0) is 26.8 Å². The predicted molar refractivity (Wildman–Crippen MR) is 64.8 cm³/mol. The topological polar surface area (TPSA) is 79.9 Å². The first-order valence-corrected chi connectivity index (χ1v) is 5.99. The molecule has 2 fully saturated rings. The lowest BCUT2D eigenvalue weighted by atomic mass is 9.88. The molecule has 96 valence electrons. The third kappa shape index (κ3) is 2.76. The molecule has 2 rings (SSSR count). The Morgan fingerprint density at radius 2 is 2.24 bits per heavy atom. The van der Waals surface area contributed by atoms with Gasteiger partial charge < -0.3 is 15.4 Å². The van der Waals surface area contributed by atoms with Crippen LogP contribution in [0.2, 0.25) is 0 Å². The van der Waals surface area contributed by atoms with Crippen LogP contribution in [0.15, 0.2) is 5.10 Å². The van der Waals surface area contributed by atoms with E-state index in [1.165, 1.54) is 0 Å². The highest BCUT2D eigenvalue weighted by molar-refractivity contribution is 5.92. The molecule has 0 aromatic heterocycles. The van der Waals surface area contributed by atoms with Crippen LogP contribution in [0.3, 0.4) is 0 Å². The van der Waals surface area contributed by atoms with Gasteiger partial charge in [0.15, 0.2) is 0 Å². The fraction of sp³-hybridized carbons (Fsp3) is 0.818. The Bertz CT molecular complexity index is 334. The summed E-state index contributed by atoms with van der Waals surface area (Å²) in [5, 5.41) is 4.03. The molecule has 0 saturated carbocycles. The molecule has 6 heteroatoms. The number of piperidine rings is 1. The Balaban J connectivity index is 2.01. The molecule has 1 unspecified atom stereocenters. The summed E-state index contributed by atoms with van der Waals surface area (Å²) in [4.78, 5) is 12.9. The zero-order chi connectivity index (χ0) is 12.5. The van der Waals surface area contributed by atoms with Crippen LogP contribution >= 0.6 is 0 Å². The minimum absolute atomic E-state index is 0.0368. The van der Waals surface area contributed by atoms with Crippen molar-refractivity contribution in [3.63, 3.8) is 0 Å². The Morgan fingerprint density at radius 3 is 2.82 bits per heavy atom. The van der Waals surface area contributed by atoms with Crippen molar-refractivity contribution in [1.82, 2.24) is 10.3 Å². The first kappa shape index (κ1) is 12.3. The van der Waals surface area contributed by atoms with Gasteiger partial charge in [0.25, 0.3) is 0 Å². The molecular formula is C11H20N4O2. The maximum absolute atomic E-state index is 10.6. The van der Waals surface area contributed by atoms with E-state index in [-0.39, 0.29) is 11.7 Å². The Kier molecular flexibility index (Phi) is 3.35. The number of hydrogen-bond acceptors (Lipinski definition) is 4. The van der Waals surface area contributed by atoms with Crippen LogP contribution in [-0.4, -0.2) is 48.5 Å². The van der Waals surface area contributed by atoms with Gasteiger partial charge in [-0.15, -0.1) is 0 Å². The summed E-state index contributed by atoms with van der Waals surface area (Å²) in [5.74, 6) is 0. The Morgan fingerprint density at radius 1 is 1.59 bits per heavy atom. The van der Waals surface area contributed by atoms with E-state index in [2.05, 4.69) is 22.5 Å². The number of hydrogen-bond donors (Lipinski definition) is 2. The van der Waals surface area contributed by atoms with Crippen molar-refractivity contribution in [1.29, 1.82) is 0 Å². The van der Waals surface area contributed by atoms with Crippen LogP contribution in [0.25, 0.3) is 0 Å².